The first kappa shape index (κ1) is 15.8. The molecule has 1 saturated carbocycles. The summed E-state index contributed by atoms with van der Waals surface area (Å²) in [5, 5.41) is 2.97. The number of benzene rings is 1. The minimum Gasteiger partial charge on any atom is -0.492 e. The van der Waals surface area contributed by atoms with Crippen LogP contribution in [0, 0.1) is 18.8 Å². The molecule has 2 rings (SSSR count). The quantitative estimate of drug-likeness (QED) is 0.790. The number of carbonyl (C=O) groups is 1. The van der Waals surface area contributed by atoms with E-state index in [4.69, 9.17) is 10.5 Å². The van der Waals surface area contributed by atoms with E-state index in [1.54, 1.807) is 0 Å². The van der Waals surface area contributed by atoms with Crippen LogP contribution in [-0.2, 0) is 4.79 Å². The van der Waals surface area contributed by atoms with Crippen LogP contribution in [0.1, 0.15) is 31.2 Å². The van der Waals surface area contributed by atoms with Crippen LogP contribution < -0.4 is 15.8 Å². The summed E-state index contributed by atoms with van der Waals surface area (Å²) in [4.78, 5) is 12.1. The third kappa shape index (κ3) is 5.05. The number of nitrogens with two attached hydrogens (primary N) is 1. The predicted octanol–water partition coefficient (Wildman–Crippen LogP) is 2.26. The van der Waals surface area contributed by atoms with Crippen molar-refractivity contribution in [1.82, 2.24) is 5.32 Å². The molecule has 116 valence electrons. The lowest BCUT2D eigenvalue weighted by Gasteiger charge is -2.26. The van der Waals surface area contributed by atoms with E-state index in [1.807, 2.05) is 31.2 Å². The molecule has 3 N–H and O–H groups in total. The first-order chi connectivity index (χ1) is 10.2. The Morgan fingerprint density at radius 1 is 1.33 bits per heavy atom. The van der Waals surface area contributed by atoms with Gasteiger partial charge in [-0.05, 0) is 62.8 Å². The molecule has 0 spiro atoms. The second-order valence-electron chi connectivity index (χ2n) is 5.91. The summed E-state index contributed by atoms with van der Waals surface area (Å²) >= 11 is 0. The topological polar surface area (TPSA) is 64.3 Å². The zero-order valence-corrected chi connectivity index (χ0v) is 12.8. The molecule has 1 aliphatic rings. The van der Waals surface area contributed by atoms with E-state index in [9.17, 15) is 4.79 Å². The van der Waals surface area contributed by atoms with Crippen LogP contribution >= 0.6 is 0 Å². The van der Waals surface area contributed by atoms with Crippen LogP contribution in [0.25, 0.3) is 0 Å². The average molecular weight is 290 g/mol. The Morgan fingerprint density at radius 3 is 2.76 bits per heavy atom. The van der Waals surface area contributed by atoms with E-state index >= 15 is 0 Å². The molecule has 0 atom stereocenters. The standard InChI is InChI=1S/C17H26N2O2/c1-13-3-2-4-16(11-13)21-10-9-19-17(20)15-7-5-14(12-18)6-8-15/h2-4,11,14-15H,5-10,12,18H2,1H3,(H,19,20). The summed E-state index contributed by atoms with van der Waals surface area (Å²) in [7, 11) is 0. The number of amides is 1. The summed E-state index contributed by atoms with van der Waals surface area (Å²) in [5.41, 5.74) is 6.85. The number of carbonyl (C=O) groups excluding carboxylic acids is 1. The monoisotopic (exact) mass is 290 g/mol. The Labute approximate surface area is 127 Å². The van der Waals surface area contributed by atoms with Crippen molar-refractivity contribution < 1.29 is 9.53 Å². The fraction of sp³-hybridized carbons (Fsp3) is 0.588. The van der Waals surface area contributed by atoms with Crippen molar-refractivity contribution in [3.63, 3.8) is 0 Å². The van der Waals surface area contributed by atoms with Gasteiger partial charge < -0.3 is 15.8 Å². The predicted molar refractivity (Wildman–Crippen MR) is 84.2 cm³/mol. The van der Waals surface area contributed by atoms with Crippen molar-refractivity contribution >= 4 is 5.91 Å². The van der Waals surface area contributed by atoms with Gasteiger partial charge in [0.05, 0.1) is 6.54 Å². The molecule has 1 aliphatic carbocycles. The summed E-state index contributed by atoms with van der Waals surface area (Å²) in [6, 6.07) is 7.93. The van der Waals surface area contributed by atoms with Crippen molar-refractivity contribution in [2.45, 2.75) is 32.6 Å². The highest BCUT2D eigenvalue weighted by Gasteiger charge is 2.25. The van der Waals surface area contributed by atoms with E-state index in [0.29, 0.717) is 19.1 Å². The molecule has 0 bridgehead atoms. The average Bonchev–Trinajstić information content (AvgIpc) is 2.51. The van der Waals surface area contributed by atoms with Crippen molar-refractivity contribution in [3.8, 4) is 5.75 Å². The van der Waals surface area contributed by atoms with Crippen LogP contribution in [0.15, 0.2) is 24.3 Å². The molecule has 1 fully saturated rings. The Bertz CT molecular complexity index is 454. The summed E-state index contributed by atoms with van der Waals surface area (Å²) in [6.07, 6.45) is 4.08. The number of nitrogens with one attached hydrogen (secondary N) is 1. The van der Waals surface area contributed by atoms with Gasteiger partial charge in [0.25, 0.3) is 0 Å². The van der Waals surface area contributed by atoms with Gasteiger partial charge in [0.1, 0.15) is 12.4 Å². The van der Waals surface area contributed by atoms with E-state index < -0.39 is 0 Å². The van der Waals surface area contributed by atoms with Gasteiger partial charge in [-0.25, -0.2) is 0 Å². The van der Waals surface area contributed by atoms with Gasteiger partial charge in [0, 0.05) is 5.92 Å². The zero-order chi connectivity index (χ0) is 15.1. The maximum atomic E-state index is 12.1. The smallest absolute Gasteiger partial charge is 0.223 e. The minimum absolute atomic E-state index is 0.159. The van der Waals surface area contributed by atoms with Gasteiger partial charge in [-0.15, -0.1) is 0 Å². The highest BCUT2D eigenvalue weighted by atomic mass is 16.5. The molecule has 1 aromatic rings. The molecule has 0 unspecified atom stereocenters. The Kier molecular flexibility index (Phi) is 6.05. The summed E-state index contributed by atoms with van der Waals surface area (Å²) in [5.74, 6) is 1.79. The molecular weight excluding hydrogens is 264 g/mol. The third-order valence-electron chi connectivity index (χ3n) is 4.21. The third-order valence-corrected chi connectivity index (χ3v) is 4.21. The SMILES string of the molecule is Cc1cccc(OCCNC(=O)C2CCC(CN)CC2)c1. The minimum atomic E-state index is 0.159. The molecule has 1 amide bonds. The van der Waals surface area contributed by atoms with E-state index in [2.05, 4.69) is 5.32 Å². The second-order valence-corrected chi connectivity index (χ2v) is 5.91. The number of rotatable bonds is 6. The van der Waals surface area contributed by atoms with Gasteiger partial charge in [-0.3, -0.25) is 4.79 Å². The lowest BCUT2D eigenvalue weighted by Crippen LogP contribution is -2.36. The van der Waals surface area contributed by atoms with Crippen molar-refractivity contribution in [2.24, 2.45) is 17.6 Å². The Hall–Kier alpha value is -1.55. The van der Waals surface area contributed by atoms with Crippen LogP contribution in [-0.4, -0.2) is 25.6 Å². The van der Waals surface area contributed by atoms with Crippen molar-refractivity contribution in [3.05, 3.63) is 29.8 Å². The van der Waals surface area contributed by atoms with Gasteiger partial charge in [0.2, 0.25) is 5.91 Å². The maximum Gasteiger partial charge on any atom is 0.223 e. The van der Waals surface area contributed by atoms with Crippen LogP contribution in [0.4, 0.5) is 0 Å². The highest BCUT2D eigenvalue weighted by molar-refractivity contribution is 5.78. The van der Waals surface area contributed by atoms with Crippen LogP contribution in [0.5, 0.6) is 5.75 Å². The van der Waals surface area contributed by atoms with E-state index in [1.165, 1.54) is 5.56 Å². The molecule has 1 aromatic carbocycles. The maximum absolute atomic E-state index is 12.1. The fourth-order valence-electron chi connectivity index (χ4n) is 2.85. The first-order valence-corrected chi connectivity index (χ1v) is 7.86. The lowest BCUT2D eigenvalue weighted by atomic mass is 9.81. The lowest BCUT2D eigenvalue weighted by molar-refractivity contribution is -0.126. The highest BCUT2D eigenvalue weighted by Crippen LogP contribution is 2.28. The molecule has 0 saturated heterocycles. The molecule has 4 heteroatoms. The van der Waals surface area contributed by atoms with Crippen LogP contribution in [0.3, 0.4) is 0 Å². The number of hydrogen-bond donors (Lipinski definition) is 2. The molecule has 4 nitrogen and oxygen atoms in total. The largest absolute Gasteiger partial charge is 0.492 e. The van der Waals surface area contributed by atoms with Crippen LogP contribution in [0.2, 0.25) is 0 Å². The number of aryl methyl sites for hydroxylation is 1. The normalized spacial score (nSPS) is 21.8. The second kappa shape index (κ2) is 8.03. The number of hydrogen-bond acceptors (Lipinski definition) is 3. The van der Waals surface area contributed by atoms with Gasteiger partial charge in [0.15, 0.2) is 0 Å². The fourth-order valence-corrected chi connectivity index (χ4v) is 2.85. The molecule has 21 heavy (non-hydrogen) atoms. The van der Waals surface area contributed by atoms with Gasteiger partial charge in [-0.1, -0.05) is 12.1 Å². The van der Waals surface area contributed by atoms with Crippen molar-refractivity contribution in [1.29, 1.82) is 0 Å². The first-order valence-electron chi connectivity index (χ1n) is 7.86. The van der Waals surface area contributed by atoms with Gasteiger partial charge in [-0.2, -0.15) is 0 Å². The molecule has 0 radical (unpaired) electrons. The summed E-state index contributed by atoms with van der Waals surface area (Å²) in [6.45, 7) is 3.85. The zero-order valence-electron chi connectivity index (χ0n) is 12.8. The summed E-state index contributed by atoms with van der Waals surface area (Å²) < 4.78 is 5.63. The number of ether oxygens (including phenoxy) is 1. The van der Waals surface area contributed by atoms with E-state index in [-0.39, 0.29) is 11.8 Å². The van der Waals surface area contributed by atoms with Crippen molar-refractivity contribution in [2.75, 3.05) is 19.7 Å². The Balaban J connectivity index is 1.63. The molecular formula is C17H26N2O2. The molecule has 0 aliphatic heterocycles. The van der Waals surface area contributed by atoms with Gasteiger partial charge >= 0.3 is 0 Å². The Morgan fingerprint density at radius 2 is 2.10 bits per heavy atom. The molecule has 0 aromatic heterocycles. The van der Waals surface area contributed by atoms with E-state index in [0.717, 1.165) is 38.0 Å². The molecule has 0 heterocycles.